The predicted molar refractivity (Wildman–Crippen MR) is 66.8 cm³/mol. The van der Waals surface area contributed by atoms with E-state index in [0.717, 1.165) is 25.7 Å². The van der Waals surface area contributed by atoms with Gasteiger partial charge in [-0.05, 0) is 18.4 Å². The smallest absolute Gasteiger partial charge is 0.329 e. The molecule has 0 unspecified atom stereocenters. The molecule has 1 N–H and O–H groups in total. The molecule has 0 heterocycles. The van der Waals surface area contributed by atoms with Crippen molar-refractivity contribution in [2.24, 2.45) is 5.11 Å². The van der Waals surface area contributed by atoms with Crippen molar-refractivity contribution in [3.8, 4) is 0 Å². The summed E-state index contributed by atoms with van der Waals surface area (Å²) in [5, 5.41) is 11.7. The Bertz CT molecular complexity index is 315. The average molecular weight is 273 g/mol. The number of ether oxygens (including phenoxy) is 2. The van der Waals surface area contributed by atoms with Gasteiger partial charge in [0.2, 0.25) is 0 Å². The second kappa shape index (κ2) is 12.8. The molecule has 19 heavy (non-hydrogen) atoms. The number of carboxylic acid groups (broad SMARTS) is 1. The summed E-state index contributed by atoms with van der Waals surface area (Å²) in [5.74, 6) is -1.38. The molecule has 0 aromatic carbocycles. The van der Waals surface area contributed by atoms with Crippen LogP contribution in [0.1, 0.15) is 25.7 Å². The van der Waals surface area contributed by atoms with Gasteiger partial charge in [-0.3, -0.25) is 4.79 Å². The molecule has 0 aromatic heterocycles. The van der Waals surface area contributed by atoms with E-state index in [2.05, 4.69) is 14.8 Å². The lowest BCUT2D eigenvalue weighted by atomic mass is 10.2. The van der Waals surface area contributed by atoms with Gasteiger partial charge >= 0.3 is 5.97 Å². The Balaban J connectivity index is 3.22. The molecule has 0 radical (unpaired) electrons. The van der Waals surface area contributed by atoms with E-state index >= 15 is 0 Å². The van der Waals surface area contributed by atoms with Crippen LogP contribution in [-0.4, -0.2) is 49.8 Å². The number of carbonyl (C=O) groups is 2. The zero-order valence-corrected chi connectivity index (χ0v) is 10.8. The molecule has 0 fully saturated rings. The van der Waals surface area contributed by atoms with E-state index in [0.29, 0.717) is 13.2 Å². The highest BCUT2D eigenvalue weighted by Gasteiger charge is 2.04. The van der Waals surface area contributed by atoms with Crippen LogP contribution in [0, 0.1) is 0 Å². The maximum absolute atomic E-state index is 11.1. The Morgan fingerprint density at radius 3 is 2.42 bits per heavy atom. The molecular formula is C11H19N3O5. The number of carbonyl (C=O) groups excluding carboxylic acids is 1. The number of rotatable bonds is 13. The van der Waals surface area contributed by atoms with Crippen LogP contribution in [0.25, 0.3) is 10.4 Å². The molecule has 0 aliphatic carbocycles. The summed E-state index contributed by atoms with van der Waals surface area (Å²) in [7, 11) is 0. The standard InChI is InChI=1S/C11H19N3O5/c12-14-13-5-3-1-2-4-6-18-7-10(15)8-19-9-11(16)17/h1-9H2,(H,16,17). The Morgan fingerprint density at radius 1 is 1.05 bits per heavy atom. The van der Waals surface area contributed by atoms with Gasteiger partial charge in [-0.15, -0.1) is 0 Å². The lowest BCUT2D eigenvalue weighted by molar-refractivity contribution is -0.144. The third-order valence-electron chi connectivity index (χ3n) is 2.11. The summed E-state index contributed by atoms with van der Waals surface area (Å²) in [6.07, 6.45) is 3.59. The molecule has 0 saturated heterocycles. The van der Waals surface area contributed by atoms with Crippen molar-refractivity contribution in [2.45, 2.75) is 25.7 Å². The summed E-state index contributed by atoms with van der Waals surface area (Å²) in [4.78, 5) is 23.9. The van der Waals surface area contributed by atoms with Crippen molar-refractivity contribution in [3.05, 3.63) is 10.4 Å². The van der Waals surface area contributed by atoms with Crippen molar-refractivity contribution in [2.75, 3.05) is 33.0 Å². The Kier molecular flexibility index (Phi) is 11.7. The highest BCUT2D eigenvalue weighted by Crippen LogP contribution is 2.00. The van der Waals surface area contributed by atoms with Gasteiger partial charge in [0.25, 0.3) is 0 Å². The van der Waals surface area contributed by atoms with Crippen molar-refractivity contribution in [3.63, 3.8) is 0 Å². The Labute approximate surface area is 111 Å². The molecule has 0 saturated carbocycles. The van der Waals surface area contributed by atoms with Gasteiger partial charge in [-0.2, -0.15) is 0 Å². The first-order valence-corrected chi connectivity index (χ1v) is 6.06. The molecule has 0 aliphatic rings. The molecule has 0 amide bonds. The van der Waals surface area contributed by atoms with E-state index in [9.17, 15) is 9.59 Å². The van der Waals surface area contributed by atoms with Crippen molar-refractivity contribution in [1.82, 2.24) is 0 Å². The lowest BCUT2D eigenvalue weighted by Crippen LogP contribution is -2.18. The Hall–Kier alpha value is -1.63. The normalized spacial score (nSPS) is 9.89. The maximum Gasteiger partial charge on any atom is 0.329 e. The number of carboxylic acids is 1. The molecule has 8 heteroatoms. The van der Waals surface area contributed by atoms with E-state index in [1.165, 1.54) is 0 Å². The van der Waals surface area contributed by atoms with Crippen LogP contribution >= 0.6 is 0 Å². The summed E-state index contributed by atoms with van der Waals surface area (Å²) in [5.41, 5.74) is 8.05. The number of hydrogen-bond donors (Lipinski definition) is 1. The van der Waals surface area contributed by atoms with Crippen LogP contribution in [0.4, 0.5) is 0 Å². The molecule has 0 atom stereocenters. The molecule has 0 rings (SSSR count). The fourth-order valence-electron chi connectivity index (χ4n) is 1.26. The third-order valence-corrected chi connectivity index (χ3v) is 2.11. The number of azide groups is 1. The van der Waals surface area contributed by atoms with Gasteiger partial charge in [-0.25, -0.2) is 4.79 Å². The van der Waals surface area contributed by atoms with E-state index in [1.54, 1.807) is 0 Å². The van der Waals surface area contributed by atoms with Crippen LogP contribution in [-0.2, 0) is 19.1 Å². The molecule has 108 valence electrons. The average Bonchev–Trinajstić information content (AvgIpc) is 2.36. The lowest BCUT2D eigenvalue weighted by Gasteiger charge is -2.03. The predicted octanol–water partition coefficient (Wildman–Crippen LogP) is 1.54. The van der Waals surface area contributed by atoms with Crippen LogP contribution in [0.2, 0.25) is 0 Å². The number of aliphatic carboxylic acids is 1. The zero-order valence-electron chi connectivity index (χ0n) is 10.8. The Morgan fingerprint density at radius 2 is 1.74 bits per heavy atom. The molecule has 0 aromatic rings. The van der Waals surface area contributed by atoms with Crippen LogP contribution in [0.5, 0.6) is 0 Å². The highest BCUT2D eigenvalue weighted by atomic mass is 16.5. The summed E-state index contributed by atoms with van der Waals surface area (Å²) >= 11 is 0. The molecule has 8 nitrogen and oxygen atoms in total. The van der Waals surface area contributed by atoms with Crippen molar-refractivity contribution in [1.29, 1.82) is 0 Å². The maximum atomic E-state index is 11.1. The second-order valence-electron chi connectivity index (χ2n) is 3.85. The molecular weight excluding hydrogens is 254 g/mol. The van der Waals surface area contributed by atoms with Crippen LogP contribution in [0.15, 0.2) is 5.11 Å². The minimum atomic E-state index is -1.10. The largest absolute Gasteiger partial charge is 0.480 e. The number of ketones is 1. The monoisotopic (exact) mass is 273 g/mol. The molecule has 0 bridgehead atoms. The van der Waals surface area contributed by atoms with Crippen LogP contribution in [0.3, 0.4) is 0 Å². The number of Topliss-reactive ketones (excluding diaryl/α,β-unsaturated/α-hetero) is 1. The van der Waals surface area contributed by atoms with Crippen molar-refractivity contribution >= 4 is 11.8 Å². The quantitative estimate of drug-likeness (QED) is 0.236. The first-order valence-electron chi connectivity index (χ1n) is 6.06. The van der Waals surface area contributed by atoms with Gasteiger partial charge in [0.15, 0.2) is 5.78 Å². The van der Waals surface area contributed by atoms with E-state index in [-0.39, 0.29) is 19.0 Å². The number of unbranched alkanes of at least 4 members (excludes halogenated alkanes) is 3. The van der Waals surface area contributed by atoms with E-state index in [4.69, 9.17) is 15.4 Å². The molecule has 0 spiro atoms. The minimum absolute atomic E-state index is 0.0572. The number of hydrogen-bond acceptors (Lipinski definition) is 5. The SMILES string of the molecule is [N-]=[N+]=NCCCCCCOCC(=O)COCC(=O)O. The van der Waals surface area contributed by atoms with Gasteiger partial charge < -0.3 is 14.6 Å². The topological polar surface area (TPSA) is 122 Å². The zero-order chi connectivity index (χ0) is 14.3. The van der Waals surface area contributed by atoms with E-state index in [1.807, 2.05) is 0 Å². The summed E-state index contributed by atoms with van der Waals surface area (Å²) in [6, 6.07) is 0. The van der Waals surface area contributed by atoms with Gasteiger partial charge in [0, 0.05) is 18.1 Å². The van der Waals surface area contributed by atoms with Gasteiger partial charge in [0.1, 0.15) is 19.8 Å². The summed E-state index contributed by atoms with van der Waals surface area (Å²) in [6.45, 7) is 0.219. The fourth-order valence-corrected chi connectivity index (χ4v) is 1.26. The van der Waals surface area contributed by atoms with Gasteiger partial charge in [0.05, 0.1) is 0 Å². The molecule has 0 aliphatic heterocycles. The number of nitrogens with zero attached hydrogens (tertiary/aromatic N) is 3. The van der Waals surface area contributed by atoms with Crippen molar-refractivity contribution < 1.29 is 24.2 Å². The van der Waals surface area contributed by atoms with E-state index < -0.39 is 12.6 Å². The third kappa shape index (κ3) is 14.3. The van der Waals surface area contributed by atoms with Gasteiger partial charge in [-0.1, -0.05) is 18.0 Å². The fraction of sp³-hybridized carbons (Fsp3) is 0.818. The van der Waals surface area contributed by atoms with Crippen LogP contribution < -0.4 is 0 Å². The second-order valence-corrected chi connectivity index (χ2v) is 3.85. The highest BCUT2D eigenvalue weighted by molar-refractivity contribution is 5.81. The first kappa shape index (κ1) is 17.4. The first-order chi connectivity index (χ1) is 9.16. The minimum Gasteiger partial charge on any atom is -0.480 e. The summed E-state index contributed by atoms with van der Waals surface area (Å²) < 4.78 is 9.74.